The van der Waals surface area contributed by atoms with E-state index in [1.54, 1.807) is 6.07 Å². The van der Waals surface area contributed by atoms with Crippen LogP contribution in [0, 0.1) is 30.1 Å². The summed E-state index contributed by atoms with van der Waals surface area (Å²) in [6.07, 6.45) is 0. The largest absolute Gasteiger partial charge is 0.288 e. The normalized spacial score (nSPS) is 8.81. The van der Waals surface area contributed by atoms with E-state index in [0.29, 0.717) is 11.3 Å². The number of nitriles is 1. The second-order valence-electron chi connectivity index (χ2n) is 3.22. The van der Waals surface area contributed by atoms with E-state index in [1.165, 1.54) is 18.7 Å². The van der Waals surface area contributed by atoms with Gasteiger partial charge in [0.05, 0.1) is 17.4 Å². The lowest BCUT2D eigenvalue weighted by Gasteiger charge is -1.97. The summed E-state index contributed by atoms with van der Waals surface area (Å²) < 4.78 is 0. The molecule has 0 bridgehead atoms. The monoisotopic (exact) mass is 229 g/mol. The van der Waals surface area contributed by atoms with Gasteiger partial charge in [-0.3, -0.25) is 4.79 Å². The Morgan fingerprint density at radius 3 is 2.81 bits per heavy atom. The number of rotatable bonds is 1. The fraction of sp³-hybridized carbons (Fsp3) is 0.231. The van der Waals surface area contributed by atoms with Gasteiger partial charge >= 0.3 is 0 Å². The molecule has 0 N–H and O–H groups in total. The van der Waals surface area contributed by atoms with Gasteiger partial charge in [-0.25, -0.2) is 0 Å². The number of benzene rings is 1. The summed E-state index contributed by atoms with van der Waals surface area (Å²) in [5.41, 5.74) is 2.53. The van der Waals surface area contributed by atoms with Crippen molar-refractivity contribution in [1.82, 2.24) is 0 Å². The van der Waals surface area contributed by atoms with Gasteiger partial charge in [-0.05, 0) is 30.7 Å². The Kier molecular flexibility index (Phi) is 4.64. The Morgan fingerprint density at radius 1 is 1.50 bits per heavy atom. The van der Waals surface area contributed by atoms with Crippen LogP contribution in [0.25, 0.3) is 0 Å². The summed E-state index contributed by atoms with van der Waals surface area (Å²) in [6.45, 7) is 3.45. The summed E-state index contributed by atoms with van der Waals surface area (Å²) in [7, 11) is 0. The summed E-state index contributed by atoms with van der Waals surface area (Å²) in [5.74, 6) is 6.42. The third-order valence-electron chi connectivity index (χ3n) is 1.93. The zero-order valence-corrected chi connectivity index (χ0v) is 10.0. The number of hydrogen-bond acceptors (Lipinski definition) is 3. The first-order chi connectivity index (χ1) is 7.63. The molecule has 16 heavy (non-hydrogen) atoms. The second-order valence-corrected chi connectivity index (χ2v) is 4.38. The quantitative estimate of drug-likeness (QED) is 0.695. The molecule has 1 rings (SSSR count). The Labute approximate surface area is 99.7 Å². The van der Waals surface area contributed by atoms with E-state index >= 15 is 0 Å². The molecule has 0 aliphatic carbocycles. The van der Waals surface area contributed by atoms with Crippen LogP contribution >= 0.6 is 11.8 Å². The molecule has 0 spiro atoms. The molecule has 0 heterocycles. The van der Waals surface area contributed by atoms with Crippen molar-refractivity contribution in [3.05, 3.63) is 34.9 Å². The van der Waals surface area contributed by atoms with E-state index < -0.39 is 0 Å². The molecule has 3 heteroatoms. The number of aryl methyl sites for hydroxylation is 1. The summed E-state index contributed by atoms with van der Waals surface area (Å²) in [4.78, 5) is 10.7. The van der Waals surface area contributed by atoms with Crippen LogP contribution in [0.3, 0.4) is 0 Å². The second kappa shape index (κ2) is 6.00. The lowest BCUT2D eigenvalue weighted by molar-refractivity contribution is -0.109. The van der Waals surface area contributed by atoms with Crippen LogP contribution in [0.15, 0.2) is 18.2 Å². The highest BCUT2D eigenvalue weighted by Crippen LogP contribution is 2.09. The maximum absolute atomic E-state index is 10.7. The Balaban J connectivity index is 2.75. The van der Waals surface area contributed by atoms with Crippen molar-refractivity contribution >= 4 is 16.9 Å². The van der Waals surface area contributed by atoms with Crippen LogP contribution in [-0.2, 0) is 4.79 Å². The van der Waals surface area contributed by atoms with Gasteiger partial charge in [0.1, 0.15) is 0 Å². The number of carbonyl (C=O) groups is 1. The van der Waals surface area contributed by atoms with Gasteiger partial charge in [0, 0.05) is 12.5 Å². The first-order valence-electron chi connectivity index (χ1n) is 4.76. The molecular weight excluding hydrogens is 218 g/mol. The minimum Gasteiger partial charge on any atom is -0.288 e. The highest BCUT2D eigenvalue weighted by atomic mass is 32.2. The van der Waals surface area contributed by atoms with E-state index in [2.05, 4.69) is 17.9 Å². The zero-order chi connectivity index (χ0) is 12.0. The molecular formula is C13H11NOS. The molecule has 0 amide bonds. The van der Waals surface area contributed by atoms with Crippen LogP contribution in [0.1, 0.15) is 23.6 Å². The molecule has 0 aliphatic rings. The molecule has 0 atom stereocenters. The van der Waals surface area contributed by atoms with Crippen molar-refractivity contribution in [1.29, 1.82) is 5.26 Å². The van der Waals surface area contributed by atoms with E-state index in [9.17, 15) is 4.79 Å². The number of nitrogens with zero attached hydrogens (tertiary/aromatic N) is 1. The third kappa shape index (κ3) is 3.81. The maximum Gasteiger partial charge on any atom is 0.186 e. The Bertz CT molecular complexity index is 503. The van der Waals surface area contributed by atoms with Crippen molar-refractivity contribution in [2.75, 3.05) is 5.75 Å². The number of carbonyl (C=O) groups excluding carboxylic acids is 1. The van der Waals surface area contributed by atoms with Crippen LogP contribution in [0.4, 0.5) is 0 Å². The van der Waals surface area contributed by atoms with Gasteiger partial charge in [-0.15, -0.1) is 0 Å². The van der Waals surface area contributed by atoms with E-state index in [0.717, 1.165) is 11.1 Å². The predicted octanol–water partition coefficient (Wildman–Crippen LogP) is 2.50. The molecule has 0 aliphatic heterocycles. The molecule has 0 saturated carbocycles. The van der Waals surface area contributed by atoms with Crippen LogP contribution in [0.5, 0.6) is 0 Å². The Morgan fingerprint density at radius 2 is 2.25 bits per heavy atom. The Hall–Kier alpha value is -1.71. The minimum absolute atomic E-state index is 0.0749. The molecule has 0 fully saturated rings. The van der Waals surface area contributed by atoms with Crippen molar-refractivity contribution < 1.29 is 4.79 Å². The highest BCUT2D eigenvalue weighted by Gasteiger charge is 1.96. The lowest BCUT2D eigenvalue weighted by atomic mass is 10.1. The molecule has 0 unspecified atom stereocenters. The van der Waals surface area contributed by atoms with E-state index in [-0.39, 0.29) is 5.12 Å². The highest BCUT2D eigenvalue weighted by molar-refractivity contribution is 8.13. The summed E-state index contributed by atoms with van der Waals surface area (Å²) >= 11 is 1.20. The van der Waals surface area contributed by atoms with Crippen LogP contribution < -0.4 is 0 Å². The molecule has 2 nitrogen and oxygen atoms in total. The lowest BCUT2D eigenvalue weighted by Crippen LogP contribution is -1.85. The van der Waals surface area contributed by atoms with Gasteiger partial charge in [-0.2, -0.15) is 5.26 Å². The molecule has 0 saturated heterocycles. The summed E-state index contributed by atoms with van der Waals surface area (Å²) in [6, 6.07) is 7.47. The standard InChI is InChI=1S/C13H11NOS/c1-10-8-12(9-14)5-6-13(10)4-3-7-16-11(2)15/h5-6,8H,7H2,1-2H3. The van der Waals surface area contributed by atoms with Gasteiger partial charge < -0.3 is 0 Å². The van der Waals surface area contributed by atoms with Gasteiger partial charge in [-0.1, -0.05) is 23.6 Å². The molecule has 1 aromatic rings. The third-order valence-corrected chi connectivity index (χ3v) is 2.62. The maximum atomic E-state index is 10.7. The van der Waals surface area contributed by atoms with Gasteiger partial charge in [0.25, 0.3) is 0 Å². The van der Waals surface area contributed by atoms with Crippen molar-refractivity contribution in [3.63, 3.8) is 0 Å². The number of hydrogen-bond donors (Lipinski definition) is 0. The van der Waals surface area contributed by atoms with Crippen molar-refractivity contribution in [3.8, 4) is 17.9 Å². The average Bonchev–Trinajstić information content (AvgIpc) is 2.25. The van der Waals surface area contributed by atoms with E-state index in [1.807, 2.05) is 19.1 Å². The SMILES string of the molecule is CC(=O)SCC#Cc1ccc(C#N)cc1C. The van der Waals surface area contributed by atoms with Gasteiger partial charge in [0.15, 0.2) is 5.12 Å². The van der Waals surface area contributed by atoms with Crippen molar-refractivity contribution in [2.24, 2.45) is 0 Å². The predicted molar refractivity (Wildman–Crippen MR) is 65.9 cm³/mol. The fourth-order valence-corrected chi connectivity index (χ4v) is 1.49. The molecule has 0 radical (unpaired) electrons. The van der Waals surface area contributed by atoms with Crippen LogP contribution in [0.2, 0.25) is 0 Å². The minimum atomic E-state index is 0.0749. The average molecular weight is 229 g/mol. The van der Waals surface area contributed by atoms with E-state index in [4.69, 9.17) is 5.26 Å². The first-order valence-corrected chi connectivity index (χ1v) is 5.75. The topological polar surface area (TPSA) is 40.9 Å². The summed E-state index contributed by atoms with van der Waals surface area (Å²) in [5, 5.41) is 8.78. The van der Waals surface area contributed by atoms with Gasteiger partial charge in [0.2, 0.25) is 0 Å². The molecule has 1 aromatic carbocycles. The number of thioether (sulfide) groups is 1. The smallest absolute Gasteiger partial charge is 0.186 e. The first kappa shape index (κ1) is 12.4. The fourth-order valence-electron chi connectivity index (χ4n) is 1.14. The van der Waals surface area contributed by atoms with Crippen LogP contribution in [-0.4, -0.2) is 10.9 Å². The zero-order valence-electron chi connectivity index (χ0n) is 9.20. The van der Waals surface area contributed by atoms with Crippen molar-refractivity contribution in [2.45, 2.75) is 13.8 Å². The molecule has 80 valence electrons. The molecule has 0 aromatic heterocycles.